The van der Waals surface area contributed by atoms with Crippen molar-refractivity contribution in [2.45, 2.75) is 77.2 Å². The highest BCUT2D eigenvalue weighted by atomic mass is 35.5. The lowest BCUT2D eigenvalue weighted by Crippen LogP contribution is -2.58. The van der Waals surface area contributed by atoms with Crippen LogP contribution in [0, 0.1) is 17.2 Å². The molecule has 4 aliphatic heterocycles. The number of amides is 3. The molecule has 2 saturated heterocycles. The summed E-state index contributed by atoms with van der Waals surface area (Å²) in [5, 5.41) is 12.1. The molecule has 0 spiro atoms. The molecule has 246 valence electrons. The monoisotopic (exact) mass is 692 g/mol. The number of thioether (sulfide) groups is 1. The fourth-order valence-electron chi connectivity index (χ4n) is 7.48. The van der Waals surface area contributed by atoms with Crippen LogP contribution in [0.3, 0.4) is 0 Å². The fourth-order valence-corrected chi connectivity index (χ4v) is 9.08. The van der Waals surface area contributed by atoms with Gasteiger partial charge in [0.1, 0.15) is 22.5 Å². The number of allylic oxidation sites excluding steroid dienone is 1. The Morgan fingerprint density at radius 3 is 2.23 bits per heavy atom. The van der Waals surface area contributed by atoms with E-state index in [4.69, 9.17) is 28.2 Å². The third kappa shape index (κ3) is 5.81. The Balaban J connectivity index is 1.38. The number of fused-ring (bicyclic) bond motifs is 1. The summed E-state index contributed by atoms with van der Waals surface area (Å²) in [6.07, 6.45) is 0.828. The number of nitriles is 1. The highest BCUT2D eigenvalue weighted by molar-refractivity contribution is 8.18. The Kier molecular flexibility index (Phi) is 9.11. The predicted molar refractivity (Wildman–Crippen MR) is 184 cm³/mol. The number of aliphatic imine (C=N–C) groups is 1. The second-order valence-electron chi connectivity index (χ2n) is 13.1. The predicted octanol–water partition coefficient (Wildman–Crippen LogP) is 6.20. The summed E-state index contributed by atoms with van der Waals surface area (Å²) >= 11 is 13.9. The summed E-state index contributed by atoms with van der Waals surface area (Å²) in [5.41, 5.74) is 2.07. The third-order valence-electron chi connectivity index (χ3n) is 9.76. The molecule has 4 heterocycles. The van der Waals surface area contributed by atoms with Crippen LogP contribution < -0.4 is 0 Å². The van der Waals surface area contributed by atoms with E-state index in [9.17, 15) is 19.6 Å². The summed E-state index contributed by atoms with van der Waals surface area (Å²) in [4.78, 5) is 53.7. The quantitative estimate of drug-likeness (QED) is 0.370. The molecule has 4 aliphatic rings. The van der Waals surface area contributed by atoms with Crippen molar-refractivity contribution in [3.63, 3.8) is 0 Å². The third-order valence-corrected chi connectivity index (χ3v) is 11.3. The van der Waals surface area contributed by atoms with Gasteiger partial charge in [0.15, 0.2) is 5.17 Å². The van der Waals surface area contributed by atoms with Crippen molar-refractivity contribution in [3.8, 4) is 6.07 Å². The molecule has 2 aromatic rings. The van der Waals surface area contributed by atoms with Crippen LogP contribution in [0.5, 0.6) is 0 Å². The lowest BCUT2D eigenvalue weighted by molar-refractivity contribution is -0.147. The molecule has 6 rings (SSSR count). The van der Waals surface area contributed by atoms with Crippen molar-refractivity contribution in [2.24, 2.45) is 10.9 Å². The van der Waals surface area contributed by atoms with Gasteiger partial charge in [-0.15, -0.1) is 0 Å². The number of halogens is 2. The smallest absolute Gasteiger partial charge is 0.264 e. The molecular formula is C35H38Cl2N6O3S. The average Bonchev–Trinajstić information content (AvgIpc) is 3.71. The fraction of sp³-hybridized carbons (Fsp3) is 0.457. The topological polar surface area (TPSA) is 100 Å². The number of hydrogen-bond donors (Lipinski definition) is 0. The minimum absolute atomic E-state index is 0.0225. The summed E-state index contributed by atoms with van der Waals surface area (Å²) in [6, 6.07) is 15.8. The minimum Gasteiger partial charge on any atom is -0.337 e. The second kappa shape index (κ2) is 12.8. The van der Waals surface area contributed by atoms with Gasteiger partial charge in [-0.3, -0.25) is 14.4 Å². The van der Waals surface area contributed by atoms with E-state index in [0.29, 0.717) is 52.6 Å². The van der Waals surface area contributed by atoms with Gasteiger partial charge in [0.2, 0.25) is 11.8 Å². The van der Waals surface area contributed by atoms with Crippen molar-refractivity contribution in [2.75, 3.05) is 19.6 Å². The van der Waals surface area contributed by atoms with Crippen molar-refractivity contribution in [3.05, 3.63) is 80.3 Å². The van der Waals surface area contributed by atoms with Crippen LogP contribution in [0.4, 0.5) is 0 Å². The number of carbonyl (C=O) groups is 3. The maximum Gasteiger partial charge on any atom is 0.264 e. The molecule has 0 saturated carbocycles. The normalized spacial score (nSPS) is 27.3. The Morgan fingerprint density at radius 1 is 1.02 bits per heavy atom. The number of rotatable bonds is 5. The Labute approximate surface area is 290 Å². The SMILES string of the molecule is CC(=O)N1CCN(C(=O)[C@@H]2CC[C@H](C#N)N2C(=O)C2=C(C(C)C)N3C(=N[C@@](C)(c4ccc(Cl)cc4)[C@H]3c3ccc(Cl)cc3)S2)C[C@H]1C. The zero-order valence-corrected chi connectivity index (χ0v) is 29.4. The molecule has 0 radical (unpaired) electrons. The largest absolute Gasteiger partial charge is 0.337 e. The molecular weight excluding hydrogens is 655 g/mol. The molecule has 5 atom stereocenters. The molecule has 2 aromatic carbocycles. The van der Waals surface area contributed by atoms with Gasteiger partial charge in [0.25, 0.3) is 5.91 Å². The van der Waals surface area contributed by atoms with Crippen LogP contribution >= 0.6 is 35.0 Å². The zero-order chi connectivity index (χ0) is 33.8. The van der Waals surface area contributed by atoms with Gasteiger partial charge < -0.3 is 19.6 Å². The number of benzene rings is 2. The van der Waals surface area contributed by atoms with Crippen LogP contribution in [-0.4, -0.2) is 80.2 Å². The van der Waals surface area contributed by atoms with E-state index in [-0.39, 0.29) is 35.7 Å². The van der Waals surface area contributed by atoms with E-state index >= 15 is 0 Å². The summed E-state index contributed by atoms with van der Waals surface area (Å²) in [6.45, 7) is 10.9. The number of likely N-dealkylation sites (tertiary alicyclic amines) is 1. The lowest BCUT2D eigenvalue weighted by atomic mass is 9.81. The summed E-state index contributed by atoms with van der Waals surface area (Å²) in [5.74, 6) is -0.593. The first-order chi connectivity index (χ1) is 22.3. The number of carbonyl (C=O) groups excluding carboxylic acids is 3. The van der Waals surface area contributed by atoms with E-state index < -0.39 is 17.6 Å². The van der Waals surface area contributed by atoms with Crippen LogP contribution in [0.25, 0.3) is 0 Å². The number of piperazine rings is 1. The van der Waals surface area contributed by atoms with Crippen molar-refractivity contribution >= 4 is 57.9 Å². The number of hydrogen-bond acceptors (Lipinski definition) is 7. The van der Waals surface area contributed by atoms with Gasteiger partial charge >= 0.3 is 0 Å². The lowest BCUT2D eigenvalue weighted by Gasteiger charge is -2.41. The van der Waals surface area contributed by atoms with E-state index in [1.807, 2.05) is 69.3 Å². The molecule has 47 heavy (non-hydrogen) atoms. The van der Waals surface area contributed by atoms with Gasteiger partial charge in [-0.2, -0.15) is 5.26 Å². The van der Waals surface area contributed by atoms with E-state index in [0.717, 1.165) is 16.8 Å². The Bertz CT molecular complexity index is 1700. The van der Waals surface area contributed by atoms with Crippen LogP contribution in [0.1, 0.15) is 64.6 Å². The van der Waals surface area contributed by atoms with Gasteiger partial charge in [-0.05, 0) is 79.8 Å². The highest BCUT2D eigenvalue weighted by Crippen LogP contribution is 2.56. The van der Waals surface area contributed by atoms with E-state index in [1.54, 1.807) is 9.80 Å². The summed E-state index contributed by atoms with van der Waals surface area (Å²) in [7, 11) is 0. The van der Waals surface area contributed by atoms with Crippen LogP contribution in [0.2, 0.25) is 10.0 Å². The first-order valence-corrected chi connectivity index (χ1v) is 17.5. The highest BCUT2D eigenvalue weighted by Gasteiger charge is 2.55. The summed E-state index contributed by atoms with van der Waals surface area (Å²) < 4.78 is 0. The molecule has 0 bridgehead atoms. The first kappa shape index (κ1) is 33.4. The minimum atomic E-state index is -0.756. The van der Waals surface area contributed by atoms with Gasteiger partial charge in [-0.1, -0.05) is 61.3 Å². The molecule has 3 amide bonds. The second-order valence-corrected chi connectivity index (χ2v) is 15.0. The van der Waals surface area contributed by atoms with Gasteiger partial charge in [0, 0.05) is 48.3 Å². The molecule has 2 fully saturated rings. The maximum absolute atomic E-state index is 14.7. The molecule has 9 nitrogen and oxygen atoms in total. The number of nitrogens with zero attached hydrogens (tertiary/aromatic N) is 6. The van der Waals surface area contributed by atoms with Crippen LogP contribution in [-0.2, 0) is 19.9 Å². The van der Waals surface area contributed by atoms with E-state index in [2.05, 4.69) is 17.9 Å². The van der Waals surface area contributed by atoms with Crippen LogP contribution in [0.15, 0.2) is 64.1 Å². The molecule has 12 heteroatoms. The Hall–Kier alpha value is -3.52. The Morgan fingerprint density at radius 2 is 1.66 bits per heavy atom. The standard InChI is InChI=1S/C35H38Cl2N6O3S/c1-20(2)29-30(33(46)42-27(18-38)14-15-28(42)32(45)40-16-17-41(22(4)44)21(3)19-40)47-34-39-35(5,24-8-12-26(37)13-9-24)31(43(29)34)23-6-10-25(36)11-7-23/h6-13,20-21,27-28,31H,14-17,19H2,1-5H3/t21-,27-,28+,31-,35+/m1/s1. The van der Waals surface area contributed by atoms with Gasteiger partial charge in [0.05, 0.1) is 12.1 Å². The molecule has 0 aromatic heterocycles. The average molecular weight is 694 g/mol. The van der Waals surface area contributed by atoms with E-state index in [1.165, 1.54) is 23.6 Å². The van der Waals surface area contributed by atoms with Gasteiger partial charge in [-0.25, -0.2) is 4.99 Å². The van der Waals surface area contributed by atoms with Crippen molar-refractivity contribution in [1.82, 2.24) is 19.6 Å². The molecule has 0 aliphatic carbocycles. The maximum atomic E-state index is 14.7. The van der Waals surface area contributed by atoms with Crippen molar-refractivity contribution < 1.29 is 14.4 Å². The zero-order valence-electron chi connectivity index (χ0n) is 27.1. The number of amidine groups is 1. The first-order valence-electron chi connectivity index (χ1n) is 16.0. The molecule has 0 unspecified atom stereocenters. The molecule has 0 N–H and O–H groups in total. The van der Waals surface area contributed by atoms with Crippen molar-refractivity contribution in [1.29, 1.82) is 5.26 Å².